The first-order valence-electron chi connectivity index (χ1n) is 41.2. The molecule has 0 radical (unpaired) electrons. The molecule has 91 heavy (non-hydrogen) atoms. The molecule has 0 spiro atoms. The van der Waals surface area contributed by atoms with Crippen molar-refractivity contribution in [3.63, 3.8) is 0 Å². The Morgan fingerprint density at radius 1 is 0.319 bits per heavy atom. The first-order valence-corrected chi connectivity index (χ1v) is 42.7. The molecule has 0 bridgehead atoms. The van der Waals surface area contributed by atoms with E-state index < -0.39 is 26.5 Å². The second-order valence-electron chi connectivity index (χ2n) is 28.4. The van der Waals surface area contributed by atoms with Gasteiger partial charge in [0.25, 0.3) is 0 Å². The van der Waals surface area contributed by atoms with Gasteiger partial charge >= 0.3 is 19.8 Å². The molecule has 10 heteroatoms. The lowest BCUT2D eigenvalue weighted by molar-refractivity contribution is -0.161. The van der Waals surface area contributed by atoms with Gasteiger partial charge in [0, 0.05) is 19.4 Å². The summed E-state index contributed by atoms with van der Waals surface area (Å²) in [6.07, 6.45) is 96.6. The zero-order valence-electron chi connectivity index (χ0n) is 61.4. The van der Waals surface area contributed by atoms with Gasteiger partial charge in [0.2, 0.25) is 0 Å². The van der Waals surface area contributed by atoms with E-state index in [0.29, 0.717) is 6.42 Å². The minimum atomic E-state index is -4.39. The summed E-state index contributed by atoms with van der Waals surface area (Å²) >= 11 is 0. The van der Waals surface area contributed by atoms with Gasteiger partial charge in [-0.05, 0) is 38.5 Å². The molecular formula is C81H160NO8P. The van der Waals surface area contributed by atoms with Gasteiger partial charge in [0.15, 0.2) is 6.10 Å². The number of carbonyl (C=O) groups is 2. The molecule has 0 saturated heterocycles. The SMILES string of the molecule is CCCCCCCCCC/C=C\CCCCCCCCCCCCCCCCCCCCCCCC(=O)OC(COC(=O)CCCCCCCCCCCCCCCCCCCCCCCCCCCCCCCCCCCCCCC)COP(=O)(O)OCCN. The van der Waals surface area contributed by atoms with Crippen LogP contribution in [0, 0.1) is 0 Å². The molecule has 0 saturated carbocycles. The lowest BCUT2D eigenvalue weighted by atomic mass is 10.0. The van der Waals surface area contributed by atoms with E-state index in [1.807, 2.05) is 0 Å². The molecule has 0 rings (SSSR count). The third-order valence-corrected chi connectivity index (χ3v) is 20.1. The summed E-state index contributed by atoms with van der Waals surface area (Å²) in [6.45, 7) is 3.85. The highest BCUT2D eigenvalue weighted by Crippen LogP contribution is 2.43. The zero-order valence-corrected chi connectivity index (χ0v) is 62.3. The lowest BCUT2D eigenvalue weighted by Crippen LogP contribution is -2.29. The Morgan fingerprint density at radius 2 is 0.538 bits per heavy atom. The summed E-state index contributed by atoms with van der Waals surface area (Å²) < 4.78 is 33.3. The second-order valence-corrected chi connectivity index (χ2v) is 29.8. The number of nitrogens with two attached hydrogens (primary N) is 1. The molecule has 0 amide bonds. The Morgan fingerprint density at radius 3 is 0.780 bits per heavy atom. The number of hydrogen-bond acceptors (Lipinski definition) is 8. The highest BCUT2D eigenvalue weighted by molar-refractivity contribution is 7.47. The summed E-state index contributed by atoms with van der Waals surface area (Å²) in [6, 6.07) is 0. The van der Waals surface area contributed by atoms with Crippen LogP contribution in [-0.2, 0) is 32.7 Å². The fourth-order valence-corrected chi connectivity index (χ4v) is 13.8. The van der Waals surface area contributed by atoms with Gasteiger partial charge in [0.1, 0.15) is 6.61 Å². The average Bonchev–Trinajstić information content (AvgIpc) is 3.74. The summed E-state index contributed by atoms with van der Waals surface area (Å²) in [7, 11) is -4.39. The lowest BCUT2D eigenvalue weighted by Gasteiger charge is -2.19. The van der Waals surface area contributed by atoms with E-state index in [-0.39, 0.29) is 38.6 Å². The van der Waals surface area contributed by atoms with Gasteiger partial charge in [-0.15, -0.1) is 0 Å². The van der Waals surface area contributed by atoms with Crippen LogP contribution >= 0.6 is 7.82 Å². The Balaban J connectivity index is 3.72. The number of phosphoric ester groups is 1. The van der Waals surface area contributed by atoms with E-state index in [1.54, 1.807) is 0 Å². The molecule has 0 aliphatic heterocycles. The average molecular weight is 1310 g/mol. The maximum absolute atomic E-state index is 12.8. The summed E-state index contributed by atoms with van der Waals surface area (Å²) in [4.78, 5) is 35.5. The van der Waals surface area contributed by atoms with Crippen LogP contribution in [0.3, 0.4) is 0 Å². The number of hydrogen-bond donors (Lipinski definition) is 2. The molecule has 0 fully saturated rings. The van der Waals surface area contributed by atoms with Crippen LogP contribution in [0.4, 0.5) is 0 Å². The second kappa shape index (κ2) is 77.8. The van der Waals surface area contributed by atoms with Gasteiger partial charge in [-0.1, -0.05) is 424 Å². The Kier molecular flexibility index (Phi) is 76.7. The molecule has 542 valence electrons. The maximum Gasteiger partial charge on any atom is 0.472 e. The number of phosphoric acid groups is 1. The van der Waals surface area contributed by atoms with Crippen molar-refractivity contribution in [3.05, 3.63) is 12.2 Å². The minimum Gasteiger partial charge on any atom is -0.462 e. The molecule has 0 heterocycles. The van der Waals surface area contributed by atoms with Gasteiger partial charge in [-0.3, -0.25) is 18.6 Å². The molecule has 0 aromatic carbocycles. The van der Waals surface area contributed by atoms with Gasteiger partial charge in [-0.2, -0.15) is 0 Å². The van der Waals surface area contributed by atoms with Crippen molar-refractivity contribution in [2.75, 3.05) is 26.4 Å². The first kappa shape index (κ1) is 89.8. The van der Waals surface area contributed by atoms with Crippen molar-refractivity contribution in [3.8, 4) is 0 Å². The molecule has 2 atom stereocenters. The Hall–Kier alpha value is -1.25. The molecule has 3 N–H and O–H groups in total. The standard InChI is InChI=1S/C81H160NO8P/c1-3-5-7-9-11-13-15-17-19-21-23-25-27-29-31-33-35-37-38-39-40-42-43-45-47-49-51-53-55-57-59-61-63-65-67-69-71-73-80(83)87-77-79(78-89-91(85,86)88-76-75-82)90-81(84)74-72-70-68-66-64-62-60-58-56-54-52-50-48-46-44-41-36-34-32-30-28-26-24-22-20-18-16-14-12-10-8-6-4-2/h22,24,79H,3-21,23,25-78,82H2,1-2H3,(H,85,86)/b24-22-. The number of allylic oxidation sites excluding steroid dienone is 2. The number of unbranched alkanes of at least 4 members (excludes halogenated alkanes) is 65. The fourth-order valence-electron chi connectivity index (χ4n) is 13.1. The number of carbonyl (C=O) groups excluding carboxylic acids is 2. The third kappa shape index (κ3) is 77.6. The Labute approximate surface area is 568 Å². The molecule has 0 aliphatic carbocycles. The smallest absolute Gasteiger partial charge is 0.462 e. The normalized spacial score (nSPS) is 12.8. The summed E-state index contributed by atoms with van der Waals surface area (Å²) in [5.41, 5.74) is 5.42. The van der Waals surface area contributed by atoms with Gasteiger partial charge in [-0.25, -0.2) is 4.57 Å². The largest absolute Gasteiger partial charge is 0.472 e. The predicted octanol–water partition coefficient (Wildman–Crippen LogP) is 27.4. The quantitative estimate of drug-likeness (QED) is 0.0264. The van der Waals surface area contributed by atoms with E-state index in [0.717, 1.165) is 32.1 Å². The van der Waals surface area contributed by atoms with Crippen LogP contribution < -0.4 is 5.73 Å². The van der Waals surface area contributed by atoms with Crippen LogP contribution in [0.15, 0.2) is 12.2 Å². The van der Waals surface area contributed by atoms with Gasteiger partial charge in [0.05, 0.1) is 13.2 Å². The van der Waals surface area contributed by atoms with Crippen molar-refractivity contribution in [2.45, 2.75) is 469 Å². The van der Waals surface area contributed by atoms with Crippen molar-refractivity contribution in [2.24, 2.45) is 5.73 Å². The van der Waals surface area contributed by atoms with E-state index in [4.69, 9.17) is 24.3 Å². The zero-order chi connectivity index (χ0) is 65.8. The van der Waals surface area contributed by atoms with E-state index >= 15 is 0 Å². The van der Waals surface area contributed by atoms with Crippen LogP contribution in [0.5, 0.6) is 0 Å². The number of rotatable bonds is 80. The molecule has 0 aliphatic rings. The van der Waals surface area contributed by atoms with E-state index in [9.17, 15) is 19.0 Å². The molecular weight excluding hydrogens is 1150 g/mol. The first-order chi connectivity index (χ1) is 44.8. The summed E-state index contributed by atoms with van der Waals surface area (Å²) in [5, 5.41) is 0. The number of ether oxygens (including phenoxy) is 2. The van der Waals surface area contributed by atoms with Crippen LogP contribution in [-0.4, -0.2) is 49.3 Å². The maximum atomic E-state index is 12.8. The van der Waals surface area contributed by atoms with Crippen LogP contribution in [0.2, 0.25) is 0 Å². The van der Waals surface area contributed by atoms with Crippen molar-refractivity contribution >= 4 is 19.8 Å². The van der Waals surface area contributed by atoms with Crippen molar-refractivity contribution < 1.29 is 37.6 Å². The van der Waals surface area contributed by atoms with E-state index in [2.05, 4.69) is 26.0 Å². The van der Waals surface area contributed by atoms with Crippen molar-refractivity contribution in [1.29, 1.82) is 0 Å². The monoisotopic (exact) mass is 1310 g/mol. The predicted molar refractivity (Wildman–Crippen MR) is 395 cm³/mol. The fraction of sp³-hybridized carbons (Fsp3) is 0.951. The number of esters is 2. The highest BCUT2D eigenvalue weighted by atomic mass is 31.2. The topological polar surface area (TPSA) is 134 Å². The molecule has 2 unspecified atom stereocenters. The van der Waals surface area contributed by atoms with Crippen LogP contribution in [0.1, 0.15) is 463 Å². The van der Waals surface area contributed by atoms with Gasteiger partial charge < -0.3 is 20.1 Å². The molecule has 0 aromatic heterocycles. The Bertz CT molecular complexity index is 1500. The third-order valence-electron chi connectivity index (χ3n) is 19.2. The van der Waals surface area contributed by atoms with Crippen molar-refractivity contribution in [1.82, 2.24) is 0 Å². The minimum absolute atomic E-state index is 0.0581. The highest BCUT2D eigenvalue weighted by Gasteiger charge is 2.26. The molecule has 0 aromatic rings. The van der Waals surface area contributed by atoms with E-state index in [1.165, 1.54) is 398 Å². The molecule has 9 nitrogen and oxygen atoms in total. The summed E-state index contributed by atoms with van der Waals surface area (Å²) in [5.74, 6) is -0.796. The van der Waals surface area contributed by atoms with Crippen LogP contribution in [0.25, 0.3) is 0 Å².